The minimum Gasteiger partial charge on any atom is -0.457 e. The topological polar surface area (TPSA) is 69.4 Å². The van der Waals surface area contributed by atoms with E-state index in [4.69, 9.17) is 4.74 Å². The second-order valence-corrected chi connectivity index (χ2v) is 6.41. The second kappa shape index (κ2) is 5.34. The highest BCUT2D eigenvalue weighted by molar-refractivity contribution is 7.13. The molecule has 1 saturated carbocycles. The molecule has 104 valence electrons. The molecule has 2 aromatic rings. The van der Waals surface area contributed by atoms with Crippen molar-refractivity contribution in [3.8, 4) is 0 Å². The fraction of sp³-hybridized carbons (Fsp3) is 0.308. The van der Waals surface area contributed by atoms with E-state index in [9.17, 15) is 14.9 Å². The van der Waals surface area contributed by atoms with Gasteiger partial charge in [-0.05, 0) is 35.8 Å². The summed E-state index contributed by atoms with van der Waals surface area (Å²) >= 11 is 2.43. The van der Waals surface area contributed by atoms with E-state index < -0.39 is 4.92 Å². The van der Waals surface area contributed by atoms with Gasteiger partial charge in [0.2, 0.25) is 0 Å². The van der Waals surface area contributed by atoms with Gasteiger partial charge in [0, 0.05) is 17.0 Å². The number of nitro groups is 1. The maximum atomic E-state index is 12.0. The zero-order valence-electron chi connectivity index (χ0n) is 10.4. The van der Waals surface area contributed by atoms with Crippen molar-refractivity contribution < 1.29 is 14.5 Å². The monoisotopic (exact) mass is 309 g/mol. The molecule has 0 saturated heterocycles. The standard InChI is InChI=1S/C13H11NO4S2/c15-13(12-10(3-4-19-12)9-1-2-9)18-6-8-5-11(14(16)17)20-7-8/h3-5,7,9H,1-2,6H2. The Morgan fingerprint density at radius 2 is 2.25 bits per heavy atom. The van der Waals surface area contributed by atoms with Gasteiger partial charge in [0.15, 0.2) is 0 Å². The minimum atomic E-state index is -0.444. The van der Waals surface area contributed by atoms with Gasteiger partial charge in [-0.2, -0.15) is 0 Å². The van der Waals surface area contributed by atoms with Gasteiger partial charge in [0.05, 0.1) is 4.92 Å². The number of rotatable bonds is 5. The van der Waals surface area contributed by atoms with Crippen molar-refractivity contribution in [3.05, 3.63) is 49.0 Å². The molecular weight excluding hydrogens is 298 g/mol. The molecule has 7 heteroatoms. The Morgan fingerprint density at radius 3 is 2.90 bits per heavy atom. The summed E-state index contributed by atoms with van der Waals surface area (Å²) in [6, 6.07) is 3.42. The van der Waals surface area contributed by atoms with Crippen molar-refractivity contribution >= 4 is 33.6 Å². The lowest BCUT2D eigenvalue weighted by atomic mass is 10.2. The van der Waals surface area contributed by atoms with E-state index >= 15 is 0 Å². The number of esters is 1. The quantitative estimate of drug-likeness (QED) is 0.476. The van der Waals surface area contributed by atoms with Crippen LogP contribution in [-0.2, 0) is 11.3 Å². The van der Waals surface area contributed by atoms with Crippen molar-refractivity contribution in [1.29, 1.82) is 0 Å². The molecule has 0 amide bonds. The second-order valence-electron chi connectivity index (χ2n) is 4.61. The molecule has 2 aromatic heterocycles. The van der Waals surface area contributed by atoms with Crippen LogP contribution in [0.25, 0.3) is 0 Å². The minimum absolute atomic E-state index is 0.0610. The first kappa shape index (κ1) is 13.3. The van der Waals surface area contributed by atoms with E-state index in [1.165, 1.54) is 17.4 Å². The van der Waals surface area contributed by atoms with Gasteiger partial charge in [-0.3, -0.25) is 10.1 Å². The van der Waals surface area contributed by atoms with E-state index in [1.54, 1.807) is 5.38 Å². The van der Waals surface area contributed by atoms with Crippen molar-refractivity contribution in [2.45, 2.75) is 25.4 Å². The third kappa shape index (κ3) is 2.73. The first-order valence-corrected chi connectivity index (χ1v) is 7.87. The highest BCUT2D eigenvalue weighted by atomic mass is 32.1. The van der Waals surface area contributed by atoms with E-state index in [0.717, 1.165) is 29.7 Å². The molecule has 5 nitrogen and oxygen atoms in total. The Labute approximate surface area is 123 Å². The van der Waals surface area contributed by atoms with Gasteiger partial charge < -0.3 is 4.74 Å². The zero-order valence-corrected chi connectivity index (χ0v) is 12.0. The van der Waals surface area contributed by atoms with Gasteiger partial charge in [-0.15, -0.1) is 11.3 Å². The summed E-state index contributed by atoms with van der Waals surface area (Å²) in [6.07, 6.45) is 2.27. The van der Waals surface area contributed by atoms with Gasteiger partial charge in [-0.1, -0.05) is 11.3 Å². The molecule has 1 fully saturated rings. The van der Waals surface area contributed by atoms with Crippen LogP contribution in [0.15, 0.2) is 22.9 Å². The Bertz CT molecular complexity index is 657. The van der Waals surface area contributed by atoms with Crippen LogP contribution < -0.4 is 0 Å². The van der Waals surface area contributed by atoms with Gasteiger partial charge >= 0.3 is 11.0 Å². The molecule has 0 N–H and O–H groups in total. The molecule has 2 heterocycles. The Hall–Kier alpha value is -1.73. The van der Waals surface area contributed by atoms with Crippen molar-refractivity contribution in [2.24, 2.45) is 0 Å². The summed E-state index contributed by atoms with van der Waals surface area (Å²) in [5.41, 5.74) is 1.73. The molecule has 1 aliphatic rings. The summed E-state index contributed by atoms with van der Waals surface area (Å²) < 4.78 is 5.24. The molecule has 0 aromatic carbocycles. The van der Waals surface area contributed by atoms with Crippen LogP contribution in [0.1, 0.15) is 39.6 Å². The number of thiophene rings is 2. The molecule has 0 atom stereocenters. The van der Waals surface area contributed by atoms with E-state index in [1.807, 2.05) is 11.4 Å². The highest BCUT2D eigenvalue weighted by Crippen LogP contribution is 2.43. The molecule has 20 heavy (non-hydrogen) atoms. The maximum absolute atomic E-state index is 12.0. The van der Waals surface area contributed by atoms with Crippen molar-refractivity contribution in [1.82, 2.24) is 0 Å². The number of carbonyl (C=O) groups is 1. The van der Waals surface area contributed by atoms with Crippen molar-refractivity contribution in [3.63, 3.8) is 0 Å². The number of ether oxygens (including phenoxy) is 1. The van der Waals surface area contributed by atoms with Gasteiger partial charge in [-0.25, -0.2) is 4.79 Å². The lowest BCUT2D eigenvalue weighted by Gasteiger charge is -2.03. The number of nitrogens with zero attached hydrogens (tertiary/aromatic N) is 1. The molecule has 0 bridgehead atoms. The summed E-state index contributed by atoms with van der Waals surface area (Å²) in [5, 5.41) is 14.2. The SMILES string of the molecule is O=C(OCc1csc([N+](=O)[O-])c1)c1sccc1C1CC1. The number of hydrogen-bond acceptors (Lipinski definition) is 6. The molecule has 3 rings (SSSR count). The number of hydrogen-bond donors (Lipinski definition) is 0. The number of carbonyl (C=O) groups excluding carboxylic acids is 1. The van der Waals surface area contributed by atoms with Crippen LogP contribution in [0.5, 0.6) is 0 Å². The predicted molar refractivity (Wildman–Crippen MR) is 76.4 cm³/mol. The van der Waals surface area contributed by atoms with Crippen LogP contribution in [-0.4, -0.2) is 10.9 Å². The summed E-state index contributed by atoms with van der Waals surface area (Å²) in [5.74, 6) is 0.168. The normalized spacial score (nSPS) is 14.2. The highest BCUT2D eigenvalue weighted by Gasteiger charge is 2.29. The van der Waals surface area contributed by atoms with Crippen LogP contribution in [0.4, 0.5) is 5.00 Å². The zero-order chi connectivity index (χ0) is 14.1. The third-order valence-corrected chi connectivity index (χ3v) is 4.93. The Kier molecular flexibility index (Phi) is 3.54. The lowest BCUT2D eigenvalue weighted by Crippen LogP contribution is -2.05. The molecule has 0 unspecified atom stereocenters. The molecule has 0 radical (unpaired) electrons. The van der Waals surface area contributed by atoms with Crippen LogP contribution in [0, 0.1) is 10.1 Å². The smallest absolute Gasteiger partial charge is 0.348 e. The van der Waals surface area contributed by atoms with Crippen molar-refractivity contribution in [2.75, 3.05) is 0 Å². The molecule has 0 aliphatic heterocycles. The van der Waals surface area contributed by atoms with E-state index in [-0.39, 0.29) is 17.6 Å². The van der Waals surface area contributed by atoms with Crippen LogP contribution >= 0.6 is 22.7 Å². The molecule has 0 spiro atoms. The average molecular weight is 309 g/mol. The lowest BCUT2D eigenvalue weighted by molar-refractivity contribution is -0.380. The fourth-order valence-corrected chi connectivity index (χ4v) is 3.54. The van der Waals surface area contributed by atoms with Gasteiger partial charge in [0.25, 0.3) is 0 Å². The third-order valence-electron chi connectivity index (χ3n) is 3.09. The van der Waals surface area contributed by atoms with Crippen LogP contribution in [0.2, 0.25) is 0 Å². The first-order valence-electron chi connectivity index (χ1n) is 6.11. The molecule has 1 aliphatic carbocycles. The predicted octanol–water partition coefficient (Wildman–Crippen LogP) is 3.95. The summed E-state index contributed by atoms with van der Waals surface area (Å²) in [6.45, 7) is 0.0746. The van der Waals surface area contributed by atoms with Gasteiger partial charge in [0.1, 0.15) is 11.5 Å². The Balaban J connectivity index is 1.63. The van der Waals surface area contributed by atoms with Crippen LogP contribution in [0.3, 0.4) is 0 Å². The fourth-order valence-electron chi connectivity index (χ4n) is 1.95. The average Bonchev–Trinajstić information content (AvgIpc) is 2.98. The van der Waals surface area contributed by atoms with E-state index in [0.29, 0.717) is 16.4 Å². The Morgan fingerprint density at radius 1 is 1.45 bits per heavy atom. The summed E-state index contributed by atoms with van der Waals surface area (Å²) in [7, 11) is 0. The maximum Gasteiger partial charge on any atom is 0.348 e. The summed E-state index contributed by atoms with van der Waals surface area (Å²) in [4.78, 5) is 22.8. The van der Waals surface area contributed by atoms with E-state index in [2.05, 4.69) is 0 Å². The largest absolute Gasteiger partial charge is 0.457 e. The first-order chi connectivity index (χ1) is 9.65. The molecular formula is C13H11NO4S2.